The van der Waals surface area contributed by atoms with Gasteiger partial charge in [-0.2, -0.15) is 0 Å². The van der Waals surface area contributed by atoms with Crippen LogP contribution in [0.25, 0.3) is 0 Å². The lowest BCUT2D eigenvalue weighted by Gasteiger charge is -2.27. The van der Waals surface area contributed by atoms with E-state index in [0.717, 1.165) is 25.9 Å². The van der Waals surface area contributed by atoms with Crippen molar-refractivity contribution in [2.75, 3.05) is 20.2 Å². The minimum Gasteiger partial charge on any atom is -0.378 e. The molecule has 14 heavy (non-hydrogen) atoms. The van der Waals surface area contributed by atoms with Crippen molar-refractivity contribution in [2.45, 2.75) is 31.4 Å². The molecule has 0 aromatic rings. The number of nitrogens with one attached hydrogen (secondary N) is 2. The molecular formula is C10H18N2O2. The van der Waals surface area contributed by atoms with Crippen LogP contribution in [-0.4, -0.2) is 38.3 Å². The summed E-state index contributed by atoms with van der Waals surface area (Å²) in [5.74, 6) is 0.486. The molecule has 1 amide bonds. The summed E-state index contributed by atoms with van der Waals surface area (Å²) in [6.07, 6.45) is 3.46. The van der Waals surface area contributed by atoms with Gasteiger partial charge >= 0.3 is 0 Å². The zero-order chi connectivity index (χ0) is 9.97. The SMILES string of the molecule is COC1CNCC1NC(=O)C1CCC1. The topological polar surface area (TPSA) is 50.4 Å². The van der Waals surface area contributed by atoms with Crippen LogP contribution in [0.5, 0.6) is 0 Å². The van der Waals surface area contributed by atoms with E-state index in [-0.39, 0.29) is 24.0 Å². The highest BCUT2D eigenvalue weighted by atomic mass is 16.5. The van der Waals surface area contributed by atoms with Crippen molar-refractivity contribution in [1.29, 1.82) is 0 Å². The molecule has 2 aliphatic rings. The Morgan fingerprint density at radius 3 is 2.79 bits per heavy atom. The lowest BCUT2D eigenvalue weighted by Crippen LogP contribution is -2.47. The highest BCUT2D eigenvalue weighted by Gasteiger charge is 2.32. The highest BCUT2D eigenvalue weighted by Crippen LogP contribution is 2.26. The van der Waals surface area contributed by atoms with Gasteiger partial charge in [0.1, 0.15) is 0 Å². The van der Waals surface area contributed by atoms with Crippen LogP contribution in [-0.2, 0) is 9.53 Å². The molecule has 1 heterocycles. The standard InChI is InChI=1S/C10H18N2O2/c1-14-9-6-11-5-8(9)12-10(13)7-3-2-4-7/h7-9,11H,2-6H2,1H3,(H,12,13). The van der Waals surface area contributed by atoms with Crippen LogP contribution >= 0.6 is 0 Å². The summed E-state index contributed by atoms with van der Waals surface area (Å²) in [6.45, 7) is 1.67. The molecule has 2 fully saturated rings. The predicted octanol–water partition coefficient (Wildman–Crippen LogP) is -0.111. The summed E-state index contributed by atoms with van der Waals surface area (Å²) in [5, 5.41) is 6.27. The molecule has 4 heteroatoms. The van der Waals surface area contributed by atoms with E-state index in [0.29, 0.717) is 0 Å². The van der Waals surface area contributed by atoms with Crippen molar-refractivity contribution >= 4 is 5.91 Å². The molecule has 0 aromatic carbocycles. The third-order valence-electron chi connectivity index (χ3n) is 3.26. The van der Waals surface area contributed by atoms with Gasteiger partial charge in [-0.1, -0.05) is 6.42 Å². The van der Waals surface area contributed by atoms with Gasteiger partial charge in [-0.3, -0.25) is 4.79 Å². The first-order valence-corrected chi connectivity index (χ1v) is 5.35. The number of methoxy groups -OCH3 is 1. The zero-order valence-corrected chi connectivity index (χ0v) is 8.58. The maximum Gasteiger partial charge on any atom is 0.223 e. The van der Waals surface area contributed by atoms with Gasteiger partial charge in [-0.25, -0.2) is 0 Å². The normalized spacial score (nSPS) is 32.6. The molecular weight excluding hydrogens is 180 g/mol. The van der Waals surface area contributed by atoms with Gasteiger partial charge in [0.2, 0.25) is 5.91 Å². The highest BCUT2D eigenvalue weighted by molar-refractivity contribution is 5.79. The van der Waals surface area contributed by atoms with Crippen molar-refractivity contribution < 1.29 is 9.53 Å². The Kier molecular flexibility index (Phi) is 3.03. The Balaban J connectivity index is 1.80. The van der Waals surface area contributed by atoms with Gasteiger partial charge in [0.25, 0.3) is 0 Å². The average Bonchev–Trinajstić information content (AvgIpc) is 2.48. The monoisotopic (exact) mass is 198 g/mol. The fraction of sp³-hybridized carbons (Fsp3) is 0.900. The van der Waals surface area contributed by atoms with Gasteiger partial charge in [-0.05, 0) is 12.8 Å². The molecule has 1 aliphatic carbocycles. The second-order valence-electron chi connectivity index (χ2n) is 4.18. The van der Waals surface area contributed by atoms with E-state index < -0.39 is 0 Å². The molecule has 80 valence electrons. The number of hydrogen-bond donors (Lipinski definition) is 2. The third kappa shape index (κ3) is 1.91. The Labute approximate surface area is 84.4 Å². The molecule has 0 spiro atoms. The summed E-state index contributed by atoms with van der Waals surface area (Å²) in [6, 6.07) is 0.160. The van der Waals surface area contributed by atoms with E-state index in [2.05, 4.69) is 10.6 Å². The number of carbonyl (C=O) groups excluding carboxylic acids is 1. The van der Waals surface area contributed by atoms with Gasteiger partial charge in [0.15, 0.2) is 0 Å². The van der Waals surface area contributed by atoms with E-state index in [1.165, 1.54) is 6.42 Å². The van der Waals surface area contributed by atoms with E-state index in [1.807, 2.05) is 0 Å². The summed E-state index contributed by atoms with van der Waals surface area (Å²) in [4.78, 5) is 11.6. The molecule has 0 bridgehead atoms. The minimum absolute atomic E-state index is 0.138. The third-order valence-corrected chi connectivity index (χ3v) is 3.26. The summed E-state index contributed by atoms with van der Waals surface area (Å²) < 4.78 is 5.28. The van der Waals surface area contributed by atoms with Crippen LogP contribution in [0.15, 0.2) is 0 Å². The van der Waals surface area contributed by atoms with Crippen molar-refractivity contribution in [1.82, 2.24) is 10.6 Å². The fourth-order valence-electron chi connectivity index (χ4n) is 2.02. The van der Waals surface area contributed by atoms with Gasteiger partial charge in [0.05, 0.1) is 12.1 Å². The largest absolute Gasteiger partial charge is 0.378 e. The Hall–Kier alpha value is -0.610. The first-order chi connectivity index (χ1) is 6.81. The molecule has 2 N–H and O–H groups in total. The number of ether oxygens (including phenoxy) is 1. The van der Waals surface area contributed by atoms with E-state index >= 15 is 0 Å². The minimum atomic E-state index is 0.138. The number of carbonyl (C=O) groups is 1. The van der Waals surface area contributed by atoms with E-state index in [1.54, 1.807) is 7.11 Å². The lowest BCUT2D eigenvalue weighted by molar-refractivity contribution is -0.128. The van der Waals surface area contributed by atoms with Gasteiger partial charge < -0.3 is 15.4 Å². The average molecular weight is 198 g/mol. The smallest absolute Gasteiger partial charge is 0.223 e. The van der Waals surface area contributed by atoms with Crippen LogP contribution < -0.4 is 10.6 Å². The van der Waals surface area contributed by atoms with Crippen LogP contribution in [0, 0.1) is 5.92 Å². The van der Waals surface area contributed by atoms with Crippen molar-refractivity contribution in [3.05, 3.63) is 0 Å². The van der Waals surface area contributed by atoms with Gasteiger partial charge in [0, 0.05) is 26.1 Å². The summed E-state index contributed by atoms with van der Waals surface area (Å²) in [7, 11) is 1.69. The molecule has 2 atom stereocenters. The number of amides is 1. The maximum absolute atomic E-state index is 11.6. The molecule has 4 nitrogen and oxygen atoms in total. The quantitative estimate of drug-likeness (QED) is 0.665. The molecule has 2 unspecified atom stereocenters. The van der Waals surface area contributed by atoms with Crippen LogP contribution in [0.2, 0.25) is 0 Å². The Morgan fingerprint density at radius 1 is 1.43 bits per heavy atom. The zero-order valence-electron chi connectivity index (χ0n) is 8.58. The second-order valence-corrected chi connectivity index (χ2v) is 4.18. The summed E-state index contributed by atoms with van der Waals surface area (Å²) in [5.41, 5.74) is 0. The molecule has 0 radical (unpaired) electrons. The molecule has 1 aliphatic heterocycles. The van der Waals surface area contributed by atoms with Crippen LogP contribution in [0.4, 0.5) is 0 Å². The van der Waals surface area contributed by atoms with Crippen LogP contribution in [0.3, 0.4) is 0 Å². The maximum atomic E-state index is 11.6. The first-order valence-electron chi connectivity index (χ1n) is 5.35. The van der Waals surface area contributed by atoms with Crippen molar-refractivity contribution in [3.8, 4) is 0 Å². The summed E-state index contributed by atoms with van der Waals surface area (Å²) >= 11 is 0. The van der Waals surface area contributed by atoms with Crippen molar-refractivity contribution in [3.63, 3.8) is 0 Å². The molecule has 1 saturated carbocycles. The van der Waals surface area contributed by atoms with Crippen LogP contribution in [0.1, 0.15) is 19.3 Å². The molecule has 0 aromatic heterocycles. The van der Waals surface area contributed by atoms with Crippen molar-refractivity contribution in [2.24, 2.45) is 5.92 Å². The first kappa shape index (κ1) is 9.93. The Morgan fingerprint density at radius 2 is 2.21 bits per heavy atom. The van der Waals surface area contributed by atoms with E-state index in [4.69, 9.17) is 4.74 Å². The number of hydrogen-bond acceptors (Lipinski definition) is 3. The van der Waals surface area contributed by atoms with Gasteiger partial charge in [-0.15, -0.1) is 0 Å². The molecule has 1 saturated heterocycles. The van der Waals surface area contributed by atoms with E-state index in [9.17, 15) is 4.79 Å². The number of rotatable bonds is 3. The second kappa shape index (κ2) is 4.28. The Bertz CT molecular complexity index is 216. The fourth-order valence-corrected chi connectivity index (χ4v) is 2.02. The lowest BCUT2D eigenvalue weighted by atomic mass is 9.84. The molecule has 2 rings (SSSR count). The predicted molar refractivity (Wildman–Crippen MR) is 52.9 cm³/mol.